The van der Waals surface area contributed by atoms with E-state index in [2.05, 4.69) is 17.2 Å². The van der Waals surface area contributed by atoms with Crippen LogP contribution in [0.5, 0.6) is 0 Å². The molecule has 0 bridgehead atoms. The third-order valence-corrected chi connectivity index (χ3v) is 6.18. The van der Waals surface area contributed by atoms with Crippen LogP contribution in [0.1, 0.15) is 49.9 Å². The summed E-state index contributed by atoms with van der Waals surface area (Å²) < 4.78 is 38.3. The Bertz CT molecular complexity index is 482. The molecular weight excluding hydrogens is 297 g/mol. The molecule has 0 saturated heterocycles. The van der Waals surface area contributed by atoms with E-state index in [1.54, 1.807) is 0 Å². The molecule has 0 radical (unpaired) electrons. The van der Waals surface area contributed by atoms with E-state index in [0.29, 0.717) is 17.9 Å². The Labute approximate surface area is 128 Å². The highest BCUT2D eigenvalue weighted by molar-refractivity contribution is 7.11. The number of aromatic nitrogens is 1. The molecule has 1 heterocycles. The van der Waals surface area contributed by atoms with Crippen LogP contribution in [0.2, 0.25) is 0 Å². The molecule has 2 nitrogen and oxygen atoms in total. The van der Waals surface area contributed by atoms with Gasteiger partial charge in [0.15, 0.2) is 5.01 Å². The minimum Gasteiger partial charge on any atom is -0.317 e. The number of nitrogens with zero attached hydrogens (tertiary/aromatic N) is 1. The number of thiazole rings is 1. The van der Waals surface area contributed by atoms with Crippen LogP contribution in [0, 0.1) is 11.8 Å². The molecule has 6 heteroatoms. The van der Waals surface area contributed by atoms with Gasteiger partial charge in [-0.25, -0.2) is 4.98 Å². The summed E-state index contributed by atoms with van der Waals surface area (Å²) in [5, 5.41) is 2.62. The molecule has 2 rings (SSSR count). The minimum atomic E-state index is -4.34. The topological polar surface area (TPSA) is 24.9 Å². The Kier molecular flexibility index (Phi) is 4.69. The Hall–Kier alpha value is -0.620. The van der Waals surface area contributed by atoms with Gasteiger partial charge >= 0.3 is 6.18 Å². The zero-order valence-corrected chi connectivity index (χ0v) is 13.7. The van der Waals surface area contributed by atoms with Crippen molar-refractivity contribution in [1.82, 2.24) is 10.3 Å². The molecule has 1 aliphatic rings. The highest BCUT2D eigenvalue weighted by Gasteiger charge is 2.42. The van der Waals surface area contributed by atoms with Crippen LogP contribution in [-0.2, 0) is 11.6 Å². The van der Waals surface area contributed by atoms with Crippen molar-refractivity contribution in [2.24, 2.45) is 11.8 Å². The first-order valence-corrected chi connectivity index (χ1v) is 8.18. The van der Waals surface area contributed by atoms with E-state index in [4.69, 9.17) is 0 Å². The largest absolute Gasteiger partial charge is 0.443 e. The van der Waals surface area contributed by atoms with Crippen LogP contribution in [0.15, 0.2) is 6.20 Å². The first-order valence-electron chi connectivity index (χ1n) is 7.37. The fraction of sp³-hybridized carbons (Fsp3) is 0.800. The summed E-state index contributed by atoms with van der Waals surface area (Å²) in [7, 11) is 1.94. The third-order valence-electron chi connectivity index (χ3n) is 4.79. The van der Waals surface area contributed by atoms with Gasteiger partial charge in [-0.1, -0.05) is 27.2 Å². The van der Waals surface area contributed by atoms with E-state index >= 15 is 0 Å². The normalized spacial score (nSPS) is 27.9. The second-order valence-electron chi connectivity index (χ2n) is 6.67. The van der Waals surface area contributed by atoms with Crippen molar-refractivity contribution in [2.45, 2.75) is 57.7 Å². The van der Waals surface area contributed by atoms with Gasteiger partial charge in [0.05, 0.1) is 0 Å². The smallest absolute Gasteiger partial charge is 0.317 e. The van der Waals surface area contributed by atoms with Gasteiger partial charge in [0.25, 0.3) is 0 Å². The van der Waals surface area contributed by atoms with Gasteiger partial charge in [-0.3, -0.25) is 0 Å². The SMILES string of the molecule is CNC1CC(C)CCC1C(C)(C)c1cnc(C(F)(F)F)s1. The highest BCUT2D eigenvalue weighted by Crippen LogP contribution is 2.45. The van der Waals surface area contributed by atoms with Crippen molar-refractivity contribution in [3.63, 3.8) is 0 Å². The fourth-order valence-electron chi connectivity index (χ4n) is 3.45. The third kappa shape index (κ3) is 3.42. The molecule has 120 valence electrons. The van der Waals surface area contributed by atoms with Crippen molar-refractivity contribution in [2.75, 3.05) is 7.05 Å². The Morgan fingerprint density at radius 2 is 1.95 bits per heavy atom. The quantitative estimate of drug-likeness (QED) is 0.889. The van der Waals surface area contributed by atoms with E-state index in [9.17, 15) is 13.2 Å². The van der Waals surface area contributed by atoms with Crippen molar-refractivity contribution in [3.8, 4) is 0 Å². The van der Waals surface area contributed by atoms with E-state index in [-0.39, 0.29) is 5.41 Å². The van der Waals surface area contributed by atoms with Crippen molar-refractivity contribution in [1.29, 1.82) is 0 Å². The summed E-state index contributed by atoms with van der Waals surface area (Å²) in [5.41, 5.74) is -0.297. The van der Waals surface area contributed by atoms with E-state index in [1.807, 2.05) is 20.9 Å². The van der Waals surface area contributed by atoms with Crippen molar-refractivity contribution in [3.05, 3.63) is 16.1 Å². The Morgan fingerprint density at radius 3 is 2.48 bits per heavy atom. The summed E-state index contributed by atoms with van der Waals surface area (Å²) in [6.45, 7) is 6.33. The summed E-state index contributed by atoms with van der Waals surface area (Å²) in [6, 6.07) is 0.347. The summed E-state index contributed by atoms with van der Waals surface area (Å²) >= 11 is 0.790. The maximum atomic E-state index is 12.8. The van der Waals surface area contributed by atoms with E-state index in [0.717, 1.165) is 35.5 Å². The van der Waals surface area contributed by atoms with Gasteiger partial charge < -0.3 is 5.32 Å². The number of halogens is 3. The van der Waals surface area contributed by atoms with Gasteiger partial charge in [-0.15, -0.1) is 11.3 Å². The number of nitrogens with one attached hydrogen (secondary N) is 1. The number of alkyl halides is 3. The predicted octanol–water partition coefficient (Wildman–Crippen LogP) is 4.46. The lowest BCUT2D eigenvalue weighted by molar-refractivity contribution is -0.137. The molecule has 1 aliphatic carbocycles. The molecule has 1 saturated carbocycles. The Balaban J connectivity index is 2.26. The maximum Gasteiger partial charge on any atom is 0.443 e. The maximum absolute atomic E-state index is 12.8. The molecule has 1 aromatic heterocycles. The zero-order valence-electron chi connectivity index (χ0n) is 12.9. The summed E-state index contributed by atoms with van der Waals surface area (Å²) in [4.78, 5) is 4.32. The highest BCUT2D eigenvalue weighted by atomic mass is 32.1. The molecule has 0 amide bonds. The molecule has 3 atom stereocenters. The standard InChI is InChI=1S/C15H23F3N2S/c1-9-5-6-10(11(7-9)19-4)14(2,3)12-8-20-13(21-12)15(16,17)18/h8-11,19H,5-7H2,1-4H3. The minimum absolute atomic E-state index is 0.297. The number of rotatable bonds is 3. The van der Waals surface area contributed by atoms with Crippen LogP contribution < -0.4 is 5.32 Å². The molecule has 0 aromatic carbocycles. The zero-order chi connectivity index (χ0) is 15.8. The molecule has 21 heavy (non-hydrogen) atoms. The van der Waals surface area contributed by atoms with Gasteiger partial charge in [-0.2, -0.15) is 13.2 Å². The monoisotopic (exact) mass is 320 g/mol. The molecule has 1 aromatic rings. The first-order chi connectivity index (χ1) is 9.66. The van der Waals surface area contributed by atoms with Crippen LogP contribution in [0.25, 0.3) is 0 Å². The van der Waals surface area contributed by atoms with Crippen LogP contribution in [-0.4, -0.2) is 18.1 Å². The number of hydrogen-bond acceptors (Lipinski definition) is 3. The average molecular weight is 320 g/mol. The van der Waals surface area contributed by atoms with E-state index < -0.39 is 11.2 Å². The van der Waals surface area contributed by atoms with Crippen LogP contribution in [0.4, 0.5) is 13.2 Å². The second kappa shape index (κ2) is 5.88. The number of hydrogen-bond donors (Lipinski definition) is 1. The molecule has 0 aliphatic heterocycles. The van der Waals surface area contributed by atoms with Crippen LogP contribution >= 0.6 is 11.3 Å². The molecule has 1 fully saturated rings. The molecule has 3 unspecified atom stereocenters. The van der Waals surface area contributed by atoms with Gasteiger partial charge in [0, 0.05) is 22.5 Å². The average Bonchev–Trinajstić information content (AvgIpc) is 2.88. The van der Waals surface area contributed by atoms with Gasteiger partial charge in [0.1, 0.15) is 0 Å². The lowest BCUT2D eigenvalue weighted by atomic mass is 9.66. The van der Waals surface area contributed by atoms with Crippen molar-refractivity contribution < 1.29 is 13.2 Å². The van der Waals surface area contributed by atoms with Gasteiger partial charge in [-0.05, 0) is 31.7 Å². The predicted molar refractivity (Wildman–Crippen MR) is 79.5 cm³/mol. The summed E-state index contributed by atoms with van der Waals surface area (Å²) in [5.74, 6) is 1.00. The van der Waals surface area contributed by atoms with Crippen molar-refractivity contribution >= 4 is 11.3 Å². The molecular formula is C15H23F3N2S. The first kappa shape index (κ1) is 16.7. The fourth-order valence-corrected chi connectivity index (χ4v) is 4.40. The lowest BCUT2D eigenvalue weighted by Crippen LogP contribution is -2.47. The Morgan fingerprint density at radius 1 is 1.29 bits per heavy atom. The molecule has 1 N–H and O–H groups in total. The second-order valence-corrected chi connectivity index (χ2v) is 7.70. The van der Waals surface area contributed by atoms with E-state index in [1.165, 1.54) is 6.20 Å². The molecule has 0 spiro atoms. The van der Waals surface area contributed by atoms with Crippen LogP contribution in [0.3, 0.4) is 0 Å². The van der Waals surface area contributed by atoms with Gasteiger partial charge in [0.2, 0.25) is 0 Å². The lowest BCUT2D eigenvalue weighted by Gasteiger charge is -2.43. The summed E-state index contributed by atoms with van der Waals surface area (Å²) in [6.07, 6.45) is 0.326.